The van der Waals surface area contributed by atoms with Crippen LogP contribution in [-0.2, 0) is 11.2 Å². The summed E-state index contributed by atoms with van der Waals surface area (Å²) < 4.78 is 5.35. The van der Waals surface area contributed by atoms with Crippen LogP contribution < -0.4 is 10.5 Å². The van der Waals surface area contributed by atoms with Gasteiger partial charge in [0.05, 0.1) is 7.11 Å². The van der Waals surface area contributed by atoms with Crippen molar-refractivity contribution in [2.24, 2.45) is 11.7 Å². The Morgan fingerprint density at radius 2 is 2.05 bits per heavy atom. The largest absolute Gasteiger partial charge is 0.496 e. The van der Waals surface area contributed by atoms with E-state index in [1.807, 2.05) is 6.07 Å². The van der Waals surface area contributed by atoms with Gasteiger partial charge in [-0.05, 0) is 42.4 Å². The Kier molecular flexibility index (Phi) is 4.59. The van der Waals surface area contributed by atoms with Gasteiger partial charge in [-0.15, -0.1) is 0 Å². The number of methoxy groups -OCH3 is 1. The SMILES string of the molecule is CCc1cc(C(N)C2CCC(=O)CC2)ccc1OC. The van der Waals surface area contributed by atoms with Gasteiger partial charge in [-0.1, -0.05) is 19.1 Å². The molecule has 1 aliphatic carbocycles. The Hall–Kier alpha value is -1.35. The topological polar surface area (TPSA) is 52.3 Å². The molecule has 2 rings (SSSR count). The van der Waals surface area contributed by atoms with E-state index < -0.39 is 0 Å². The van der Waals surface area contributed by atoms with Gasteiger partial charge in [-0.25, -0.2) is 0 Å². The lowest BCUT2D eigenvalue weighted by atomic mass is 9.81. The highest BCUT2D eigenvalue weighted by atomic mass is 16.5. The molecule has 3 heteroatoms. The molecule has 0 bridgehead atoms. The van der Waals surface area contributed by atoms with E-state index in [2.05, 4.69) is 19.1 Å². The number of Topliss-reactive ketones (excluding diaryl/α,β-unsaturated/α-hetero) is 1. The second-order valence-corrected chi connectivity index (χ2v) is 5.33. The van der Waals surface area contributed by atoms with E-state index in [1.165, 1.54) is 5.56 Å². The molecule has 2 N–H and O–H groups in total. The predicted molar refractivity (Wildman–Crippen MR) is 76.3 cm³/mol. The van der Waals surface area contributed by atoms with Crippen molar-refractivity contribution in [1.29, 1.82) is 0 Å². The lowest BCUT2D eigenvalue weighted by molar-refractivity contribution is -0.121. The molecule has 1 aromatic carbocycles. The minimum atomic E-state index is 0.0318. The molecule has 1 saturated carbocycles. The normalized spacial score (nSPS) is 18.4. The van der Waals surface area contributed by atoms with Crippen LogP contribution in [0.15, 0.2) is 18.2 Å². The second kappa shape index (κ2) is 6.20. The summed E-state index contributed by atoms with van der Waals surface area (Å²) in [7, 11) is 1.70. The van der Waals surface area contributed by atoms with Crippen LogP contribution in [-0.4, -0.2) is 12.9 Å². The number of nitrogens with two attached hydrogens (primary N) is 1. The summed E-state index contributed by atoms with van der Waals surface area (Å²) >= 11 is 0. The van der Waals surface area contributed by atoms with Crippen molar-refractivity contribution in [3.05, 3.63) is 29.3 Å². The second-order valence-electron chi connectivity index (χ2n) is 5.33. The van der Waals surface area contributed by atoms with E-state index in [9.17, 15) is 4.79 Å². The molecule has 1 aromatic rings. The number of hydrogen-bond donors (Lipinski definition) is 1. The Labute approximate surface area is 115 Å². The molecule has 0 aromatic heterocycles. The standard InChI is InChI=1S/C16H23NO2/c1-3-11-10-13(6-9-15(11)19-2)16(17)12-4-7-14(18)8-5-12/h6,9-10,12,16H,3-5,7-8,17H2,1-2H3. The summed E-state index contributed by atoms with van der Waals surface area (Å²) in [5.41, 5.74) is 8.74. The van der Waals surface area contributed by atoms with Crippen molar-refractivity contribution in [3.8, 4) is 5.75 Å². The van der Waals surface area contributed by atoms with Crippen molar-refractivity contribution in [1.82, 2.24) is 0 Å². The number of carbonyl (C=O) groups is 1. The van der Waals surface area contributed by atoms with Crippen LogP contribution in [0.3, 0.4) is 0 Å². The number of carbonyl (C=O) groups excluding carboxylic acids is 1. The molecule has 0 amide bonds. The molecule has 19 heavy (non-hydrogen) atoms. The molecule has 1 aliphatic rings. The zero-order chi connectivity index (χ0) is 13.8. The van der Waals surface area contributed by atoms with Crippen molar-refractivity contribution < 1.29 is 9.53 Å². The first-order valence-corrected chi connectivity index (χ1v) is 7.09. The van der Waals surface area contributed by atoms with Gasteiger partial charge < -0.3 is 10.5 Å². The van der Waals surface area contributed by atoms with Crippen LogP contribution in [0.5, 0.6) is 5.75 Å². The monoisotopic (exact) mass is 261 g/mol. The van der Waals surface area contributed by atoms with E-state index in [1.54, 1.807) is 7.11 Å². The van der Waals surface area contributed by atoms with Gasteiger partial charge in [-0.2, -0.15) is 0 Å². The van der Waals surface area contributed by atoms with Crippen LogP contribution >= 0.6 is 0 Å². The molecule has 1 fully saturated rings. The van der Waals surface area contributed by atoms with E-state index >= 15 is 0 Å². The zero-order valence-electron chi connectivity index (χ0n) is 11.8. The lowest BCUT2D eigenvalue weighted by Gasteiger charge is -2.27. The van der Waals surface area contributed by atoms with Crippen LogP contribution in [0.25, 0.3) is 0 Å². The maximum Gasteiger partial charge on any atom is 0.132 e. The zero-order valence-corrected chi connectivity index (χ0v) is 11.8. The lowest BCUT2D eigenvalue weighted by Crippen LogP contribution is -2.26. The minimum absolute atomic E-state index is 0.0318. The van der Waals surface area contributed by atoms with E-state index in [-0.39, 0.29) is 6.04 Å². The third-order valence-electron chi connectivity index (χ3n) is 4.17. The van der Waals surface area contributed by atoms with E-state index in [4.69, 9.17) is 10.5 Å². The molecule has 0 spiro atoms. The molecular weight excluding hydrogens is 238 g/mol. The highest BCUT2D eigenvalue weighted by Crippen LogP contribution is 2.33. The van der Waals surface area contributed by atoms with E-state index in [0.717, 1.165) is 30.6 Å². The average molecular weight is 261 g/mol. The molecule has 0 radical (unpaired) electrons. The Balaban J connectivity index is 2.14. The van der Waals surface area contributed by atoms with Crippen molar-refractivity contribution in [3.63, 3.8) is 0 Å². The van der Waals surface area contributed by atoms with Crippen molar-refractivity contribution >= 4 is 5.78 Å². The van der Waals surface area contributed by atoms with Crippen LogP contribution in [0, 0.1) is 5.92 Å². The molecule has 0 saturated heterocycles. The first-order chi connectivity index (χ1) is 9.15. The smallest absolute Gasteiger partial charge is 0.132 e. The van der Waals surface area contributed by atoms with E-state index in [0.29, 0.717) is 24.5 Å². The first-order valence-electron chi connectivity index (χ1n) is 7.09. The van der Waals surface area contributed by atoms with Gasteiger partial charge in [0.2, 0.25) is 0 Å². The number of hydrogen-bond acceptors (Lipinski definition) is 3. The average Bonchev–Trinajstić information content (AvgIpc) is 2.46. The van der Waals surface area contributed by atoms with Crippen molar-refractivity contribution in [2.45, 2.75) is 45.1 Å². The number of rotatable bonds is 4. The fraction of sp³-hybridized carbons (Fsp3) is 0.562. The summed E-state index contributed by atoms with van der Waals surface area (Å²) in [6.07, 6.45) is 4.16. The van der Waals surface area contributed by atoms with Gasteiger partial charge in [0, 0.05) is 18.9 Å². The summed E-state index contributed by atoms with van der Waals surface area (Å²) in [4.78, 5) is 11.3. The van der Waals surface area contributed by atoms with Gasteiger partial charge in [0.1, 0.15) is 11.5 Å². The first kappa shape index (κ1) is 14.1. The molecule has 0 aliphatic heterocycles. The highest BCUT2D eigenvalue weighted by Gasteiger charge is 2.25. The Morgan fingerprint density at radius 3 is 2.63 bits per heavy atom. The maximum absolute atomic E-state index is 11.3. The summed E-state index contributed by atoms with van der Waals surface area (Å²) in [6, 6.07) is 6.24. The molecule has 3 nitrogen and oxygen atoms in total. The third-order valence-corrected chi connectivity index (χ3v) is 4.17. The Bertz CT molecular complexity index is 446. The van der Waals surface area contributed by atoms with Gasteiger partial charge in [0.15, 0.2) is 0 Å². The summed E-state index contributed by atoms with van der Waals surface area (Å²) in [6.45, 7) is 2.12. The minimum Gasteiger partial charge on any atom is -0.496 e. The molecule has 1 unspecified atom stereocenters. The summed E-state index contributed by atoms with van der Waals surface area (Å²) in [5.74, 6) is 1.74. The fourth-order valence-electron chi connectivity index (χ4n) is 2.88. The van der Waals surface area contributed by atoms with Crippen LogP contribution in [0.1, 0.15) is 49.8 Å². The van der Waals surface area contributed by atoms with Crippen LogP contribution in [0.4, 0.5) is 0 Å². The van der Waals surface area contributed by atoms with Gasteiger partial charge >= 0.3 is 0 Å². The number of ether oxygens (including phenoxy) is 1. The maximum atomic E-state index is 11.3. The predicted octanol–water partition coefficient (Wildman–Crippen LogP) is 3.02. The third kappa shape index (κ3) is 3.16. The molecule has 1 atom stereocenters. The molecule has 0 heterocycles. The highest BCUT2D eigenvalue weighted by molar-refractivity contribution is 5.79. The molecular formula is C16H23NO2. The quantitative estimate of drug-likeness (QED) is 0.906. The van der Waals surface area contributed by atoms with Gasteiger partial charge in [0.25, 0.3) is 0 Å². The van der Waals surface area contributed by atoms with Crippen LogP contribution in [0.2, 0.25) is 0 Å². The molecule has 104 valence electrons. The van der Waals surface area contributed by atoms with Gasteiger partial charge in [-0.3, -0.25) is 4.79 Å². The summed E-state index contributed by atoms with van der Waals surface area (Å²) in [5, 5.41) is 0. The number of aryl methyl sites for hydroxylation is 1. The van der Waals surface area contributed by atoms with Crippen molar-refractivity contribution in [2.75, 3.05) is 7.11 Å². The Morgan fingerprint density at radius 1 is 1.37 bits per heavy atom. The fourth-order valence-corrected chi connectivity index (χ4v) is 2.88. The number of benzene rings is 1. The number of ketones is 1.